The van der Waals surface area contributed by atoms with E-state index < -0.39 is 0 Å². The van der Waals surface area contributed by atoms with Gasteiger partial charge in [0.15, 0.2) is 0 Å². The monoisotopic (exact) mass is 503 g/mol. The summed E-state index contributed by atoms with van der Waals surface area (Å²) in [5, 5.41) is 4.69. The lowest BCUT2D eigenvalue weighted by molar-refractivity contribution is 0.496. The number of aromatic nitrogens is 4. The Balaban J connectivity index is 1.61. The lowest BCUT2D eigenvalue weighted by Crippen LogP contribution is -2.44. The fourth-order valence-corrected chi connectivity index (χ4v) is 6.29. The van der Waals surface area contributed by atoms with Gasteiger partial charge in [0.2, 0.25) is 5.95 Å². The summed E-state index contributed by atoms with van der Waals surface area (Å²) < 4.78 is 3.45. The summed E-state index contributed by atoms with van der Waals surface area (Å²) in [5.74, 6) is 6.84. The average Bonchev–Trinajstić information content (AvgIpc) is 3.15. The van der Waals surface area contributed by atoms with Crippen molar-refractivity contribution >= 4 is 40.1 Å². The maximum atomic E-state index is 13.9. The Labute approximate surface area is 216 Å². The third-order valence-electron chi connectivity index (χ3n) is 6.64. The first-order chi connectivity index (χ1) is 17.3. The molecule has 1 atom stereocenters. The molecule has 1 saturated heterocycles. The highest BCUT2D eigenvalue weighted by Gasteiger charge is 2.29. The number of imidazole rings is 1. The van der Waals surface area contributed by atoms with Crippen LogP contribution in [0.15, 0.2) is 38.9 Å². The summed E-state index contributed by atoms with van der Waals surface area (Å²) in [6.45, 7) is 10.5. The lowest BCUT2D eigenvalue weighted by atomic mass is 10.1. The highest BCUT2D eigenvalue weighted by atomic mass is 32.2. The van der Waals surface area contributed by atoms with Gasteiger partial charge in [-0.2, -0.15) is 5.10 Å². The SMILES string of the molecule is CC#CCn1c(N2CCCC(N)C2)nc2c(C)nn(CC3=Nc4ccccc4SC(C)(C)C3)c(=O)c21. The van der Waals surface area contributed by atoms with Crippen LogP contribution in [0.4, 0.5) is 11.6 Å². The molecule has 36 heavy (non-hydrogen) atoms. The standard InChI is InChI=1S/C27H33N7OS/c1-5-6-14-33-24-23(30-26(33)32-13-9-10-19(28)16-32)18(2)31-34(25(24)35)17-20-15-27(3,4)36-22-12-8-7-11-21(22)29-20/h7-8,11-12,19H,9-10,13-17,28H2,1-4H3. The number of aliphatic imine (C=N–C) groups is 1. The number of nitrogens with two attached hydrogens (primary N) is 1. The van der Waals surface area contributed by atoms with Crippen molar-refractivity contribution in [3.63, 3.8) is 0 Å². The Morgan fingerprint density at radius 2 is 2.08 bits per heavy atom. The maximum Gasteiger partial charge on any atom is 0.293 e. The molecule has 4 heterocycles. The average molecular weight is 504 g/mol. The number of hydrogen-bond acceptors (Lipinski definition) is 7. The Morgan fingerprint density at radius 3 is 2.86 bits per heavy atom. The molecule has 1 fully saturated rings. The second kappa shape index (κ2) is 9.75. The minimum Gasteiger partial charge on any atom is -0.341 e. The van der Waals surface area contributed by atoms with Gasteiger partial charge in [-0.25, -0.2) is 9.67 Å². The fraction of sp³-hybridized carbons (Fsp3) is 0.481. The summed E-state index contributed by atoms with van der Waals surface area (Å²) >= 11 is 1.82. The number of aryl methyl sites for hydroxylation is 1. The number of benzene rings is 1. The summed E-state index contributed by atoms with van der Waals surface area (Å²) in [6.07, 6.45) is 2.76. The van der Waals surface area contributed by atoms with Crippen LogP contribution >= 0.6 is 11.8 Å². The number of nitrogens with zero attached hydrogens (tertiary/aromatic N) is 6. The minimum absolute atomic E-state index is 0.0487. The molecule has 0 radical (unpaired) electrons. The van der Waals surface area contributed by atoms with Crippen LogP contribution in [0.3, 0.4) is 0 Å². The molecule has 8 nitrogen and oxygen atoms in total. The van der Waals surface area contributed by atoms with E-state index in [1.165, 1.54) is 0 Å². The Kier molecular flexibility index (Phi) is 6.66. The quantitative estimate of drug-likeness (QED) is 0.543. The van der Waals surface area contributed by atoms with Crippen molar-refractivity contribution in [3.05, 3.63) is 40.3 Å². The van der Waals surface area contributed by atoms with Crippen LogP contribution in [0.2, 0.25) is 0 Å². The van der Waals surface area contributed by atoms with Gasteiger partial charge in [-0.15, -0.1) is 17.7 Å². The molecule has 188 valence electrons. The molecule has 0 spiro atoms. The number of hydrogen-bond donors (Lipinski definition) is 1. The number of rotatable bonds is 4. The normalized spacial score (nSPS) is 19.3. The lowest BCUT2D eigenvalue weighted by Gasteiger charge is -2.31. The van der Waals surface area contributed by atoms with Crippen molar-refractivity contribution in [2.24, 2.45) is 10.7 Å². The van der Waals surface area contributed by atoms with Crippen molar-refractivity contribution in [1.82, 2.24) is 19.3 Å². The Hall–Kier alpha value is -3.09. The van der Waals surface area contributed by atoms with Gasteiger partial charge >= 0.3 is 0 Å². The molecule has 1 aromatic carbocycles. The first-order valence-electron chi connectivity index (χ1n) is 12.5. The van der Waals surface area contributed by atoms with E-state index in [2.05, 4.69) is 41.8 Å². The Bertz CT molecular complexity index is 1460. The van der Waals surface area contributed by atoms with E-state index in [1.54, 1.807) is 4.68 Å². The van der Waals surface area contributed by atoms with Crippen molar-refractivity contribution in [1.29, 1.82) is 0 Å². The molecule has 2 aliphatic rings. The zero-order valence-corrected chi connectivity index (χ0v) is 22.2. The molecule has 0 bridgehead atoms. The predicted octanol–water partition coefficient (Wildman–Crippen LogP) is 3.90. The predicted molar refractivity (Wildman–Crippen MR) is 147 cm³/mol. The van der Waals surface area contributed by atoms with Crippen LogP contribution in [0, 0.1) is 18.8 Å². The van der Waals surface area contributed by atoms with Gasteiger partial charge in [0.25, 0.3) is 5.56 Å². The smallest absolute Gasteiger partial charge is 0.293 e. The number of piperidine rings is 1. The minimum atomic E-state index is -0.167. The molecule has 2 aliphatic heterocycles. The Morgan fingerprint density at radius 1 is 1.28 bits per heavy atom. The van der Waals surface area contributed by atoms with Gasteiger partial charge < -0.3 is 10.6 Å². The molecule has 0 aliphatic carbocycles. The molecule has 0 amide bonds. The molecule has 2 N–H and O–H groups in total. The molecule has 2 aromatic heterocycles. The van der Waals surface area contributed by atoms with E-state index >= 15 is 0 Å². The van der Waals surface area contributed by atoms with Crippen LogP contribution in [0.25, 0.3) is 11.0 Å². The van der Waals surface area contributed by atoms with Crippen LogP contribution in [-0.4, -0.2) is 48.9 Å². The topological polar surface area (TPSA) is 94.3 Å². The van der Waals surface area contributed by atoms with Crippen LogP contribution in [0.1, 0.15) is 45.7 Å². The molecule has 0 saturated carbocycles. The van der Waals surface area contributed by atoms with E-state index in [0.717, 1.165) is 53.7 Å². The summed E-state index contributed by atoms with van der Waals surface area (Å²) in [6, 6.07) is 8.27. The second-order valence-electron chi connectivity index (χ2n) is 10.2. The molecular weight excluding hydrogens is 470 g/mol. The van der Waals surface area contributed by atoms with E-state index in [0.29, 0.717) is 30.7 Å². The van der Waals surface area contributed by atoms with Gasteiger partial charge in [-0.05, 0) is 52.7 Å². The van der Waals surface area contributed by atoms with E-state index in [9.17, 15) is 4.79 Å². The molecular formula is C27H33N7OS. The van der Waals surface area contributed by atoms with Gasteiger partial charge in [0, 0.05) is 40.9 Å². The summed E-state index contributed by atoms with van der Waals surface area (Å²) in [5.41, 5.74) is 9.88. The molecule has 5 rings (SSSR count). The van der Waals surface area contributed by atoms with Crippen molar-refractivity contribution in [2.75, 3.05) is 18.0 Å². The van der Waals surface area contributed by atoms with Gasteiger partial charge in [-0.1, -0.05) is 18.1 Å². The highest BCUT2D eigenvalue weighted by molar-refractivity contribution is 8.00. The van der Waals surface area contributed by atoms with Crippen molar-refractivity contribution < 1.29 is 0 Å². The first-order valence-corrected chi connectivity index (χ1v) is 13.3. The number of fused-ring (bicyclic) bond motifs is 2. The van der Waals surface area contributed by atoms with Gasteiger partial charge in [0.05, 0.1) is 24.5 Å². The third kappa shape index (κ3) is 4.80. The van der Waals surface area contributed by atoms with E-state index in [-0.39, 0.29) is 16.3 Å². The number of para-hydroxylation sites is 1. The maximum absolute atomic E-state index is 13.9. The molecule has 3 aromatic rings. The fourth-order valence-electron chi connectivity index (χ4n) is 5.09. The van der Waals surface area contributed by atoms with Crippen LogP contribution in [-0.2, 0) is 13.1 Å². The van der Waals surface area contributed by atoms with Gasteiger partial charge in [0.1, 0.15) is 11.0 Å². The zero-order valence-electron chi connectivity index (χ0n) is 21.4. The molecule has 1 unspecified atom stereocenters. The largest absolute Gasteiger partial charge is 0.341 e. The first kappa shape index (κ1) is 24.6. The number of thioether (sulfide) groups is 1. The highest BCUT2D eigenvalue weighted by Crippen LogP contribution is 2.43. The summed E-state index contributed by atoms with van der Waals surface area (Å²) in [4.78, 5) is 27.1. The van der Waals surface area contributed by atoms with E-state index in [4.69, 9.17) is 15.7 Å². The third-order valence-corrected chi connectivity index (χ3v) is 7.91. The summed E-state index contributed by atoms with van der Waals surface area (Å²) in [7, 11) is 0. The molecule has 9 heteroatoms. The van der Waals surface area contributed by atoms with Crippen molar-refractivity contribution in [2.45, 2.75) is 75.7 Å². The van der Waals surface area contributed by atoms with Crippen LogP contribution < -0.4 is 16.2 Å². The number of anilines is 1. The van der Waals surface area contributed by atoms with Crippen molar-refractivity contribution in [3.8, 4) is 11.8 Å². The zero-order chi connectivity index (χ0) is 25.4. The van der Waals surface area contributed by atoms with Gasteiger partial charge in [-0.3, -0.25) is 14.4 Å². The second-order valence-corrected chi connectivity index (χ2v) is 12.0. The van der Waals surface area contributed by atoms with Crippen LogP contribution in [0.5, 0.6) is 0 Å². The van der Waals surface area contributed by atoms with E-state index in [1.807, 2.05) is 48.4 Å².